The van der Waals surface area contributed by atoms with Gasteiger partial charge in [0.05, 0.1) is 15.5 Å². The predicted molar refractivity (Wildman–Crippen MR) is 130 cm³/mol. The third-order valence-corrected chi connectivity index (χ3v) is 7.90. The average molecular weight is 476 g/mol. The van der Waals surface area contributed by atoms with E-state index in [0.29, 0.717) is 16.2 Å². The Bertz CT molecular complexity index is 1420. The van der Waals surface area contributed by atoms with Crippen molar-refractivity contribution in [2.45, 2.75) is 29.7 Å². The van der Waals surface area contributed by atoms with E-state index in [9.17, 15) is 13.2 Å². The van der Waals surface area contributed by atoms with Crippen molar-refractivity contribution in [1.82, 2.24) is 20.7 Å². The molecule has 9 heteroatoms. The molecule has 1 amide bonds. The summed E-state index contributed by atoms with van der Waals surface area (Å²) in [5.41, 5.74) is 7.05. The maximum atomic E-state index is 13.2. The molecule has 34 heavy (non-hydrogen) atoms. The number of pyridine rings is 1. The third kappa shape index (κ3) is 4.27. The van der Waals surface area contributed by atoms with Crippen LogP contribution in [0.1, 0.15) is 28.0 Å². The summed E-state index contributed by atoms with van der Waals surface area (Å²) in [4.78, 5) is 20.1. The van der Waals surface area contributed by atoms with Crippen molar-refractivity contribution in [2.24, 2.45) is 0 Å². The molecule has 0 aliphatic carbocycles. The fourth-order valence-corrected chi connectivity index (χ4v) is 5.62. The summed E-state index contributed by atoms with van der Waals surface area (Å²) in [6.45, 7) is 3.92. The molecule has 174 valence electrons. The molecule has 0 bridgehead atoms. The Balaban J connectivity index is 1.28. The van der Waals surface area contributed by atoms with E-state index in [2.05, 4.69) is 20.7 Å². The fourth-order valence-electron chi connectivity index (χ4n) is 4.14. The van der Waals surface area contributed by atoms with Crippen LogP contribution in [0.3, 0.4) is 0 Å². The molecule has 0 radical (unpaired) electrons. The normalized spacial score (nSPS) is 14.0. The van der Waals surface area contributed by atoms with E-state index in [1.54, 1.807) is 48.8 Å². The lowest BCUT2D eigenvalue weighted by Gasteiger charge is -2.19. The molecule has 0 spiro atoms. The standard InChI is InChI=1S/C25H25N5O3S/c1-17-13-20(30-12-2-10-28-30)5-8-24(17)34(32,33)21-6-3-18(4-7-21)15-27-25(31)23-14-19-16-26-11-9-22(19)29-23/h3-9,11,13-14,16,28-29H,2,10,12,15H2,1H3,(H,27,31). The van der Waals surface area contributed by atoms with Crippen LogP contribution in [0.25, 0.3) is 10.9 Å². The Morgan fingerprint density at radius 2 is 1.94 bits per heavy atom. The minimum absolute atomic E-state index is 0.223. The van der Waals surface area contributed by atoms with Gasteiger partial charge in [0, 0.05) is 42.9 Å². The van der Waals surface area contributed by atoms with Gasteiger partial charge in [-0.15, -0.1) is 0 Å². The van der Waals surface area contributed by atoms with Crippen LogP contribution in [0.4, 0.5) is 5.69 Å². The number of carbonyl (C=O) groups excluding carboxylic acids is 1. The highest BCUT2D eigenvalue weighted by Crippen LogP contribution is 2.28. The van der Waals surface area contributed by atoms with Crippen LogP contribution in [0, 0.1) is 6.92 Å². The molecule has 5 rings (SSSR count). The highest BCUT2D eigenvalue weighted by molar-refractivity contribution is 7.91. The fraction of sp³-hybridized carbons (Fsp3) is 0.200. The van der Waals surface area contributed by atoms with Gasteiger partial charge in [-0.1, -0.05) is 12.1 Å². The second-order valence-electron chi connectivity index (χ2n) is 8.34. The summed E-state index contributed by atoms with van der Waals surface area (Å²) in [7, 11) is -3.65. The van der Waals surface area contributed by atoms with E-state index in [4.69, 9.17) is 0 Å². The molecule has 0 atom stereocenters. The van der Waals surface area contributed by atoms with E-state index in [1.165, 1.54) is 0 Å². The van der Waals surface area contributed by atoms with Gasteiger partial charge in [0.15, 0.2) is 0 Å². The number of carbonyl (C=O) groups is 1. The molecule has 2 aromatic heterocycles. The summed E-state index contributed by atoms with van der Waals surface area (Å²) in [5, 5.41) is 5.76. The number of aryl methyl sites for hydroxylation is 1. The Kier molecular flexibility index (Phi) is 5.80. The van der Waals surface area contributed by atoms with Crippen molar-refractivity contribution in [3.8, 4) is 0 Å². The largest absolute Gasteiger partial charge is 0.350 e. The maximum absolute atomic E-state index is 13.2. The number of benzene rings is 2. The molecule has 1 aliphatic heterocycles. The van der Waals surface area contributed by atoms with Crippen LogP contribution in [0.5, 0.6) is 0 Å². The van der Waals surface area contributed by atoms with Crippen LogP contribution in [0.15, 0.2) is 76.8 Å². The van der Waals surface area contributed by atoms with Crippen molar-refractivity contribution in [3.05, 3.63) is 83.8 Å². The molecule has 3 N–H and O–H groups in total. The lowest BCUT2D eigenvalue weighted by molar-refractivity contribution is 0.0946. The Hall–Kier alpha value is -3.69. The second-order valence-corrected chi connectivity index (χ2v) is 10.3. The minimum Gasteiger partial charge on any atom is -0.350 e. The van der Waals surface area contributed by atoms with E-state index in [-0.39, 0.29) is 17.3 Å². The molecule has 0 unspecified atom stereocenters. The second kappa shape index (κ2) is 8.92. The third-order valence-electron chi connectivity index (χ3n) is 5.97. The number of hydrazine groups is 1. The number of nitrogens with zero attached hydrogens (tertiary/aromatic N) is 2. The molecule has 2 aromatic carbocycles. The van der Waals surface area contributed by atoms with Crippen molar-refractivity contribution >= 4 is 32.3 Å². The van der Waals surface area contributed by atoms with Crippen LogP contribution < -0.4 is 15.8 Å². The minimum atomic E-state index is -3.65. The van der Waals surface area contributed by atoms with Gasteiger partial charge in [-0.2, -0.15) is 0 Å². The number of aromatic nitrogens is 2. The number of sulfone groups is 1. The van der Waals surface area contributed by atoms with Gasteiger partial charge in [-0.25, -0.2) is 13.8 Å². The SMILES string of the molecule is Cc1cc(N2CCCN2)ccc1S(=O)(=O)c1ccc(CNC(=O)c2cc3cnccc3[nH]2)cc1. The Morgan fingerprint density at radius 1 is 1.12 bits per heavy atom. The number of amides is 1. The van der Waals surface area contributed by atoms with E-state index < -0.39 is 9.84 Å². The first kappa shape index (κ1) is 22.1. The molecular weight excluding hydrogens is 450 g/mol. The first-order valence-electron chi connectivity index (χ1n) is 11.1. The van der Waals surface area contributed by atoms with Crippen molar-refractivity contribution in [3.63, 3.8) is 0 Å². The molecule has 1 aliphatic rings. The van der Waals surface area contributed by atoms with E-state index in [0.717, 1.165) is 41.7 Å². The van der Waals surface area contributed by atoms with Crippen LogP contribution in [-0.4, -0.2) is 37.4 Å². The number of nitrogens with one attached hydrogen (secondary N) is 3. The molecule has 8 nitrogen and oxygen atoms in total. The van der Waals surface area contributed by atoms with Crippen molar-refractivity contribution in [2.75, 3.05) is 18.1 Å². The summed E-state index contributed by atoms with van der Waals surface area (Å²) >= 11 is 0. The maximum Gasteiger partial charge on any atom is 0.267 e. The Labute approximate surface area is 197 Å². The van der Waals surface area contributed by atoms with E-state index >= 15 is 0 Å². The van der Waals surface area contributed by atoms with E-state index in [1.807, 2.05) is 30.1 Å². The van der Waals surface area contributed by atoms with Gasteiger partial charge >= 0.3 is 0 Å². The number of rotatable bonds is 6. The van der Waals surface area contributed by atoms with Gasteiger partial charge < -0.3 is 15.3 Å². The van der Waals surface area contributed by atoms with Crippen molar-refractivity contribution in [1.29, 1.82) is 0 Å². The van der Waals surface area contributed by atoms with Gasteiger partial charge in [-0.05, 0) is 66.9 Å². The summed E-state index contributed by atoms with van der Waals surface area (Å²) in [6.07, 6.45) is 4.42. The topological polar surface area (TPSA) is 107 Å². The van der Waals surface area contributed by atoms with Gasteiger partial charge in [0.25, 0.3) is 5.91 Å². The first-order valence-corrected chi connectivity index (χ1v) is 12.6. The molecule has 1 saturated heterocycles. The van der Waals surface area contributed by atoms with Crippen LogP contribution in [-0.2, 0) is 16.4 Å². The number of H-pyrrole nitrogens is 1. The predicted octanol–water partition coefficient (Wildman–Crippen LogP) is 3.35. The zero-order chi connectivity index (χ0) is 23.7. The highest BCUT2D eigenvalue weighted by atomic mass is 32.2. The van der Waals surface area contributed by atoms with Crippen LogP contribution >= 0.6 is 0 Å². The monoisotopic (exact) mass is 475 g/mol. The van der Waals surface area contributed by atoms with Crippen LogP contribution in [0.2, 0.25) is 0 Å². The first-order chi connectivity index (χ1) is 16.4. The lowest BCUT2D eigenvalue weighted by atomic mass is 10.2. The summed E-state index contributed by atoms with van der Waals surface area (Å²) in [6, 6.07) is 15.6. The van der Waals surface area contributed by atoms with Gasteiger partial charge in [0.1, 0.15) is 5.69 Å². The smallest absolute Gasteiger partial charge is 0.267 e. The molecule has 1 fully saturated rings. The lowest BCUT2D eigenvalue weighted by Crippen LogP contribution is -2.30. The molecule has 4 aromatic rings. The number of anilines is 1. The molecule has 0 saturated carbocycles. The Morgan fingerprint density at radius 3 is 2.65 bits per heavy atom. The number of fused-ring (bicyclic) bond motifs is 1. The average Bonchev–Trinajstić information content (AvgIpc) is 3.53. The summed E-state index contributed by atoms with van der Waals surface area (Å²) in [5.74, 6) is -0.240. The number of hydrogen-bond donors (Lipinski definition) is 3. The summed E-state index contributed by atoms with van der Waals surface area (Å²) < 4.78 is 26.5. The zero-order valence-electron chi connectivity index (χ0n) is 18.7. The number of aromatic amines is 1. The molecular formula is C25H25N5O3S. The molecule has 3 heterocycles. The quantitative estimate of drug-likeness (QED) is 0.395. The van der Waals surface area contributed by atoms with Gasteiger partial charge in [0.2, 0.25) is 9.84 Å². The highest BCUT2D eigenvalue weighted by Gasteiger charge is 2.21. The zero-order valence-corrected chi connectivity index (χ0v) is 19.5. The van der Waals surface area contributed by atoms with Gasteiger partial charge in [-0.3, -0.25) is 9.78 Å². The number of hydrogen-bond acceptors (Lipinski definition) is 6. The van der Waals surface area contributed by atoms with Crippen molar-refractivity contribution < 1.29 is 13.2 Å².